The Balaban J connectivity index is 2.27. The third-order valence-corrected chi connectivity index (χ3v) is 2.63. The molecule has 0 aliphatic carbocycles. The Kier molecular flexibility index (Phi) is 2.33. The van der Waals surface area contributed by atoms with Crippen molar-refractivity contribution >= 4 is 11.0 Å². The van der Waals surface area contributed by atoms with Gasteiger partial charge in [0, 0.05) is 12.1 Å². The topological polar surface area (TPSA) is 17.8 Å². The second-order valence-corrected chi connectivity index (χ2v) is 3.88. The van der Waals surface area contributed by atoms with Gasteiger partial charge in [0.05, 0.1) is 16.7 Å². The minimum Gasteiger partial charge on any atom is -0.299 e. The zero-order chi connectivity index (χ0) is 12.7. The summed E-state index contributed by atoms with van der Waals surface area (Å²) in [5.74, 6) is -1.81. The van der Waals surface area contributed by atoms with E-state index in [-0.39, 0.29) is 5.69 Å². The molecule has 5 heteroatoms. The number of fused-ring (bicyclic) bond motifs is 1. The van der Waals surface area contributed by atoms with Crippen LogP contribution in [0.1, 0.15) is 0 Å². The highest BCUT2D eigenvalue weighted by Crippen LogP contribution is 2.20. The SMILES string of the molecule is Fc1cc(F)cc(-n2cnc3ccc(F)cc32)c1. The van der Waals surface area contributed by atoms with Crippen molar-refractivity contribution in [3.63, 3.8) is 0 Å². The van der Waals surface area contributed by atoms with Gasteiger partial charge in [-0.15, -0.1) is 0 Å². The van der Waals surface area contributed by atoms with Crippen molar-refractivity contribution in [2.45, 2.75) is 0 Å². The molecule has 0 atom stereocenters. The highest BCUT2D eigenvalue weighted by atomic mass is 19.1. The number of imidazole rings is 1. The van der Waals surface area contributed by atoms with Crippen LogP contribution in [-0.4, -0.2) is 9.55 Å². The Bertz CT molecular complexity index is 714. The molecule has 1 heterocycles. The van der Waals surface area contributed by atoms with E-state index in [1.807, 2.05) is 0 Å². The fourth-order valence-corrected chi connectivity index (χ4v) is 1.86. The second kappa shape index (κ2) is 3.87. The van der Waals surface area contributed by atoms with Gasteiger partial charge in [-0.3, -0.25) is 4.57 Å². The largest absolute Gasteiger partial charge is 0.299 e. The molecule has 0 bridgehead atoms. The molecule has 0 N–H and O–H groups in total. The molecule has 3 rings (SSSR count). The summed E-state index contributed by atoms with van der Waals surface area (Å²) in [4.78, 5) is 4.05. The summed E-state index contributed by atoms with van der Waals surface area (Å²) in [5, 5.41) is 0. The molecule has 90 valence electrons. The van der Waals surface area contributed by atoms with E-state index in [4.69, 9.17) is 0 Å². The van der Waals surface area contributed by atoms with Gasteiger partial charge in [-0.2, -0.15) is 0 Å². The molecule has 2 aromatic carbocycles. The number of hydrogen-bond donors (Lipinski definition) is 0. The summed E-state index contributed by atoms with van der Waals surface area (Å²) >= 11 is 0. The van der Waals surface area contributed by atoms with E-state index < -0.39 is 17.5 Å². The van der Waals surface area contributed by atoms with Crippen LogP contribution in [0.4, 0.5) is 13.2 Å². The molecule has 2 nitrogen and oxygen atoms in total. The van der Waals surface area contributed by atoms with Crippen LogP contribution in [0.2, 0.25) is 0 Å². The third kappa shape index (κ3) is 1.73. The first kappa shape index (κ1) is 10.8. The lowest BCUT2D eigenvalue weighted by atomic mass is 10.2. The van der Waals surface area contributed by atoms with Crippen LogP contribution in [0.25, 0.3) is 16.7 Å². The predicted molar refractivity (Wildman–Crippen MR) is 60.9 cm³/mol. The highest BCUT2D eigenvalue weighted by molar-refractivity contribution is 5.77. The predicted octanol–water partition coefficient (Wildman–Crippen LogP) is 3.44. The van der Waals surface area contributed by atoms with Gasteiger partial charge in [0.2, 0.25) is 0 Å². The molecule has 0 spiro atoms. The van der Waals surface area contributed by atoms with Crippen molar-refractivity contribution in [1.29, 1.82) is 0 Å². The lowest BCUT2D eigenvalue weighted by Crippen LogP contribution is -1.94. The summed E-state index contributed by atoms with van der Waals surface area (Å²) in [6.07, 6.45) is 1.40. The summed E-state index contributed by atoms with van der Waals surface area (Å²) < 4.78 is 40.9. The smallest absolute Gasteiger partial charge is 0.128 e. The van der Waals surface area contributed by atoms with Gasteiger partial charge in [0.15, 0.2) is 0 Å². The number of rotatable bonds is 1. The van der Waals surface area contributed by atoms with Gasteiger partial charge in [-0.05, 0) is 24.3 Å². The number of benzene rings is 2. The molecule has 3 aromatic rings. The first-order chi connectivity index (χ1) is 8.63. The van der Waals surface area contributed by atoms with Crippen molar-refractivity contribution in [3.05, 3.63) is 60.2 Å². The minimum atomic E-state index is -0.691. The van der Waals surface area contributed by atoms with Crippen LogP contribution in [0, 0.1) is 17.5 Å². The first-order valence-electron chi connectivity index (χ1n) is 5.22. The van der Waals surface area contributed by atoms with E-state index in [1.165, 1.54) is 29.1 Å². The average molecular weight is 248 g/mol. The lowest BCUT2D eigenvalue weighted by molar-refractivity contribution is 0.582. The molecule has 0 saturated heterocycles. The molecule has 0 fully saturated rings. The molecule has 0 saturated carbocycles. The van der Waals surface area contributed by atoms with E-state index in [9.17, 15) is 13.2 Å². The van der Waals surface area contributed by atoms with Crippen molar-refractivity contribution in [2.24, 2.45) is 0 Å². The van der Waals surface area contributed by atoms with E-state index in [0.29, 0.717) is 11.0 Å². The average Bonchev–Trinajstić information content (AvgIpc) is 2.70. The Morgan fingerprint density at radius 2 is 1.56 bits per heavy atom. The van der Waals surface area contributed by atoms with Crippen LogP contribution >= 0.6 is 0 Å². The van der Waals surface area contributed by atoms with Crippen LogP contribution in [0.15, 0.2) is 42.7 Å². The first-order valence-corrected chi connectivity index (χ1v) is 5.22. The highest BCUT2D eigenvalue weighted by Gasteiger charge is 2.08. The Labute approximate surface area is 100 Å². The van der Waals surface area contributed by atoms with Crippen molar-refractivity contribution in [3.8, 4) is 5.69 Å². The van der Waals surface area contributed by atoms with E-state index in [0.717, 1.165) is 18.2 Å². The zero-order valence-corrected chi connectivity index (χ0v) is 9.07. The minimum absolute atomic E-state index is 0.264. The quantitative estimate of drug-likeness (QED) is 0.645. The van der Waals surface area contributed by atoms with Crippen LogP contribution in [-0.2, 0) is 0 Å². The number of halogens is 3. The molecular weight excluding hydrogens is 241 g/mol. The fourth-order valence-electron chi connectivity index (χ4n) is 1.86. The Morgan fingerprint density at radius 3 is 2.28 bits per heavy atom. The standard InChI is InChI=1S/C13H7F3N2/c14-8-1-2-12-13(6-8)18(7-17-12)11-4-9(15)3-10(16)5-11/h1-7H. The van der Waals surface area contributed by atoms with Gasteiger partial charge in [-0.25, -0.2) is 18.2 Å². The molecule has 0 unspecified atom stereocenters. The number of hydrogen-bond acceptors (Lipinski definition) is 1. The van der Waals surface area contributed by atoms with E-state index in [2.05, 4.69) is 4.98 Å². The van der Waals surface area contributed by atoms with Gasteiger partial charge >= 0.3 is 0 Å². The summed E-state index contributed by atoms with van der Waals surface area (Å²) in [5.41, 5.74) is 1.28. The molecule has 18 heavy (non-hydrogen) atoms. The number of nitrogens with zero attached hydrogens (tertiary/aromatic N) is 2. The maximum Gasteiger partial charge on any atom is 0.128 e. The van der Waals surface area contributed by atoms with Crippen molar-refractivity contribution < 1.29 is 13.2 Å². The lowest BCUT2D eigenvalue weighted by Gasteiger charge is -2.04. The summed E-state index contributed by atoms with van der Waals surface area (Å²) in [7, 11) is 0. The summed E-state index contributed by atoms with van der Waals surface area (Å²) in [6, 6.07) is 7.17. The Morgan fingerprint density at radius 1 is 0.833 bits per heavy atom. The normalized spacial score (nSPS) is 11.1. The van der Waals surface area contributed by atoms with E-state index in [1.54, 1.807) is 0 Å². The Hall–Kier alpha value is -2.30. The van der Waals surface area contributed by atoms with Gasteiger partial charge in [0.25, 0.3) is 0 Å². The molecule has 0 amide bonds. The van der Waals surface area contributed by atoms with Crippen molar-refractivity contribution in [2.75, 3.05) is 0 Å². The van der Waals surface area contributed by atoms with Crippen molar-refractivity contribution in [1.82, 2.24) is 9.55 Å². The maximum absolute atomic E-state index is 13.2. The van der Waals surface area contributed by atoms with Crippen LogP contribution < -0.4 is 0 Å². The van der Waals surface area contributed by atoms with Gasteiger partial charge in [0.1, 0.15) is 23.8 Å². The number of aromatic nitrogens is 2. The van der Waals surface area contributed by atoms with Crippen LogP contribution in [0.3, 0.4) is 0 Å². The van der Waals surface area contributed by atoms with E-state index >= 15 is 0 Å². The second-order valence-electron chi connectivity index (χ2n) is 3.88. The van der Waals surface area contributed by atoms with Crippen LogP contribution in [0.5, 0.6) is 0 Å². The van der Waals surface area contributed by atoms with Gasteiger partial charge < -0.3 is 0 Å². The zero-order valence-electron chi connectivity index (χ0n) is 9.07. The van der Waals surface area contributed by atoms with Gasteiger partial charge in [-0.1, -0.05) is 0 Å². The maximum atomic E-state index is 13.2. The molecule has 0 aliphatic heterocycles. The molecular formula is C13H7F3N2. The fraction of sp³-hybridized carbons (Fsp3) is 0. The molecule has 1 aromatic heterocycles. The monoisotopic (exact) mass is 248 g/mol. The third-order valence-electron chi connectivity index (χ3n) is 2.63. The molecule has 0 aliphatic rings. The summed E-state index contributed by atoms with van der Waals surface area (Å²) in [6.45, 7) is 0. The molecule has 0 radical (unpaired) electrons.